The van der Waals surface area contributed by atoms with Gasteiger partial charge in [-0.2, -0.15) is 5.21 Å². The highest BCUT2D eigenvalue weighted by Gasteiger charge is 2.16. The lowest BCUT2D eigenvalue weighted by molar-refractivity contribution is 0.0475. The van der Waals surface area contributed by atoms with Crippen LogP contribution in [0.5, 0.6) is 0 Å². The molecule has 0 unspecified atom stereocenters. The van der Waals surface area contributed by atoms with Crippen LogP contribution in [0.3, 0.4) is 0 Å². The summed E-state index contributed by atoms with van der Waals surface area (Å²) in [6.45, 7) is 0.0833. The summed E-state index contributed by atoms with van der Waals surface area (Å²) < 4.78 is 6.59. The van der Waals surface area contributed by atoms with E-state index < -0.39 is 5.97 Å². The second kappa shape index (κ2) is 7.67. The highest BCUT2D eigenvalue weighted by molar-refractivity contribution is 5.95. The second-order valence-corrected chi connectivity index (χ2v) is 6.68. The van der Waals surface area contributed by atoms with Gasteiger partial charge in [-0.15, -0.1) is 10.2 Å². The van der Waals surface area contributed by atoms with Crippen molar-refractivity contribution in [3.8, 4) is 22.5 Å². The van der Waals surface area contributed by atoms with Gasteiger partial charge in [0.15, 0.2) is 5.65 Å². The molecule has 0 fully saturated rings. The lowest BCUT2D eigenvalue weighted by Gasteiger charge is -2.08. The summed E-state index contributed by atoms with van der Waals surface area (Å²) in [5.74, 6) is -0.0524. The van der Waals surface area contributed by atoms with E-state index in [4.69, 9.17) is 4.74 Å². The predicted octanol–water partition coefficient (Wildman–Crippen LogP) is 2.23. The van der Waals surface area contributed by atoms with Crippen LogP contribution in [0.1, 0.15) is 15.9 Å². The second-order valence-electron chi connectivity index (χ2n) is 6.68. The van der Waals surface area contributed by atoms with Gasteiger partial charge < -0.3 is 4.74 Å². The summed E-state index contributed by atoms with van der Waals surface area (Å²) in [6, 6.07) is 16.7. The minimum atomic E-state index is -0.566. The molecule has 2 aromatic carbocycles. The average molecular weight is 413 g/mol. The molecule has 0 saturated carbocycles. The van der Waals surface area contributed by atoms with E-state index in [1.807, 2.05) is 48.5 Å². The molecule has 0 radical (unpaired) electrons. The molecule has 10 heteroatoms. The van der Waals surface area contributed by atoms with E-state index in [2.05, 4.69) is 30.7 Å². The maximum atomic E-state index is 12.4. The summed E-state index contributed by atoms with van der Waals surface area (Å²) in [5.41, 5.74) is 3.73. The molecule has 0 spiro atoms. The maximum Gasteiger partial charge on any atom is 0.343 e. The maximum absolute atomic E-state index is 12.4. The van der Waals surface area contributed by atoms with Gasteiger partial charge in [-0.25, -0.2) is 14.3 Å². The van der Waals surface area contributed by atoms with Crippen LogP contribution in [0.4, 0.5) is 0 Å². The normalized spacial score (nSPS) is 11.0. The zero-order valence-corrected chi connectivity index (χ0v) is 16.0. The molecule has 152 valence electrons. The molecule has 10 nitrogen and oxygen atoms in total. The van der Waals surface area contributed by atoms with Gasteiger partial charge >= 0.3 is 5.97 Å². The van der Waals surface area contributed by atoms with Crippen molar-refractivity contribution in [2.45, 2.75) is 6.61 Å². The molecule has 0 aliphatic heterocycles. The Hall–Kier alpha value is -4.60. The molecule has 0 amide bonds. The molecule has 2 N–H and O–H groups in total. The third-order valence-corrected chi connectivity index (χ3v) is 4.79. The Morgan fingerprint density at radius 1 is 1.03 bits per heavy atom. The molecule has 0 atom stereocenters. The summed E-state index contributed by atoms with van der Waals surface area (Å²) in [5, 5.41) is 16.9. The lowest BCUT2D eigenvalue weighted by Crippen LogP contribution is -2.13. The SMILES string of the molecule is O=C(OCc1ccc(-c2ccccc2-c2nn[nH]n2)cc1)c1c[nH]n2c(=O)ccnc12. The van der Waals surface area contributed by atoms with Crippen LogP contribution in [0.2, 0.25) is 0 Å². The zero-order valence-electron chi connectivity index (χ0n) is 16.0. The van der Waals surface area contributed by atoms with E-state index in [9.17, 15) is 9.59 Å². The van der Waals surface area contributed by atoms with Gasteiger partial charge in [-0.1, -0.05) is 48.5 Å². The van der Waals surface area contributed by atoms with Crippen molar-refractivity contribution < 1.29 is 9.53 Å². The Labute approximate surface area is 174 Å². The smallest absolute Gasteiger partial charge is 0.343 e. The number of rotatable bonds is 5. The summed E-state index contributed by atoms with van der Waals surface area (Å²) in [4.78, 5) is 28.3. The molecule has 0 bridgehead atoms. The number of H-pyrrole nitrogens is 2. The van der Waals surface area contributed by atoms with Gasteiger partial charge in [0, 0.05) is 24.0 Å². The monoisotopic (exact) mass is 413 g/mol. The standard InChI is InChI=1S/C21H15N7O3/c29-18-9-10-22-20-17(11-23-28(18)20)21(30)31-12-13-5-7-14(8-6-13)15-3-1-2-4-16(15)19-24-26-27-25-19/h1-11,23H,12H2,(H,24,25,26,27). The largest absolute Gasteiger partial charge is 0.457 e. The van der Waals surface area contributed by atoms with E-state index in [-0.39, 0.29) is 23.4 Å². The fourth-order valence-corrected chi connectivity index (χ4v) is 3.28. The third-order valence-electron chi connectivity index (χ3n) is 4.79. The topological polar surface area (TPSA) is 131 Å². The number of benzene rings is 2. The van der Waals surface area contributed by atoms with Crippen molar-refractivity contribution in [1.82, 2.24) is 35.2 Å². The van der Waals surface area contributed by atoms with Crippen molar-refractivity contribution in [3.05, 3.63) is 88.5 Å². The van der Waals surface area contributed by atoms with E-state index in [0.717, 1.165) is 22.3 Å². The molecule has 5 aromatic rings. The van der Waals surface area contributed by atoms with Crippen LogP contribution in [0.25, 0.3) is 28.2 Å². The molecule has 0 aliphatic rings. The molecule has 0 saturated heterocycles. The first-order chi connectivity index (χ1) is 15.2. The van der Waals surface area contributed by atoms with Crippen molar-refractivity contribution >= 4 is 11.6 Å². The number of hydrogen-bond donors (Lipinski definition) is 2. The molecule has 0 aliphatic carbocycles. The number of carbonyl (C=O) groups is 1. The Kier molecular flexibility index (Phi) is 4.56. The first-order valence-electron chi connectivity index (χ1n) is 9.35. The van der Waals surface area contributed by atoms with Gasteiger partial charge in [0.25, 0.3) is 5.56 Å². The average Bonchev–Trinajstić information content (AvgIpc) is 3.49. The summed E-state index contributed by atoms with van der Waals surface area (Å²) in [7, 11) is 0. The molecule has 3 aromatic heterocycles. The van der Waals surface area contributed by atoms with Crippen molar-refractivity contribution in [2.24, 2.45) is 0 Å². The first-order valence-corrected chi connectivity index (χ1v) is 9.35. The van der Waals surface area contributed by atoms with Crippen LogP contribution in [0, 0.1) is 0 Å². The minimum absolute atomic E-state index is 0.0833. The van der Waals surface area contributed by atoms with Gasteiger partial charge in [-0.05, 0) is 21.9 Å². The van der Waals surface area contributed by atoms with E-state index in [1.54, 1.807) is 0 Å². The summed E-state index contributed by atoms with van der Waals surface area (Å²) in [6.07, 6.45) is 2.76. The quantitative estimate of drug-likeness (QED) is 0.422. The number of aromatic amines is 2. The fourth-order valence-electron chi connectivity index (χ4n) is 3.28. The molecular weight excluding hydrogens is 398 g/mol. The van der Waals surface area contributed by atoms with Crippen molar-refractivity contribution in [1.29, 1.82) is 0 Å². The number of esters is 1. The van der Waals surface area contributed by atoms with Gasteiger partial charge in [-0.3, -0.25) is 9.89 Å². The molecule has 5 rings (SSSR count). The number of aromatic nitrogens is 7. The van der Waals surface area contributed by atoms with E-state index in [1.165, 1.54) is 23.0 Å². The number of hydrogen-bond acceptors (Lipinski definition) is 7. The van der Waals surface area contributed by atoms with Crippen LogP contribution >= 0.6 is 0 Å². The van der Waals surface area contributed by atoms with Gasteiger partial charge in [0.05, 0.1) is 0 Å². The Morgan fingerprint density at radius 3 is 2.61 bits per heavy atom. The molecule has 3 heterocycles. The Morgan fingerprint density at radius 2 is 1.84 bits per heavy atom. The number of ether oxygens (including phenoxy) is 1. The zero-order chi connectivity index (χ0) is 21.2. The summed E-state index contributed by atoms with van der Waals surface area (Å²) >= 11 is 0. The third kappa shape index (κ3) is 3.46. The Bertz CT molecular complexity index is 1420. The molecular formula is C21H15N7O3. The van der Waals surface area contributed by atoms with E-state index in [0.29, 0.717) is 5.82 Å². The highest BCUT2D eigenvalue weighted by atomic mass is 16.5. The van der Waals surface area contributed by atoms with Crippen molar-refractivity contribution in [3.63, 3.8) is 0 Å². The van der Waals surface area contributed by atoms with Gasteiger partial charge in [0.2, 0.25) is 5.82 Å². The number of carbonyl (C=O) groups excluding carboxylic acids is 1. The van der Waals surface area contributed by atoms with Crippen LogP contribution in [0.15, 0.2) is 71.8 Å². The molecule has 31 heavy (non-hydrogen) atoms. The predicted molar refractivity (Wildman–Crippen MR) is 110 cm³/mol. The number of fused-ring (bicyclic) bond motifs is 1. The Balaban J connectivity index is 1.33. The lowest BCUT2D eigenvalue weighted by atomic mass is 9.98. The minimum Gasteiger partial charge on any atom is -0.457 e. The van der Waals surface area contributed by atoms with Crippen LogP contribution in [-0.2, 0) is 11.3 Å². The first kappa shape index (κ1) is 18.4. The number of tetrazole rings is 1. The number of nitrogens with one attached hydrogen (secondary N) is 2. The van der Waals surface area contributed by atoms with Crippen LogP contribution in [-0.4, -0.2) is 41.2 Å². The van der Waals surface area contributed by atoms with Crippen LogP contribution < -0.4 is 5.56 Å². The van der Waals surface area contributed by atoms with E-state index >= 15 is 0 Å². The number of nitrogens with zero attached hydrogens (tertiary/aromatic N) is 5. The fraction of sp³-hybridized carbons (Fsp3) is 0.0476. The van der Waals surface area contributed by atoms with Gasteiger partial charge in [0.1, 0.15) is 12.2 Å². The van der Waals surface area contributed by atoms with Crippen molar-refractivity contribution in [2.75, 3.05) is 0 Å². The highest BCUT2D eigenvalue weighted by Crippen LogP contribution is 2.29.